The van der Waals surface area contributed by atoms with E-state index in [4.69, 9.17) is 9.84 Å². The van der Waals surface area contributed by atoms with Crippen LogP contribution in [0.25, 0.3) is 10.8 Å². The van der Waals surface area contributed by atoms with Gasteiger partial charge in [-0.15, -0.1) is 0 Å². The molecule has 0 atom stereocenters. The first-order valence-corrected chi connectivity index (χ1v) is 5.40. The van der Waals surface area contributed by atoms with E-state index in [9.17, 15) is 4.79 Å². The molecule has 0 aliphatic rings. The second-order valence-electron chi connectivity index (χ2n) is 4.03. The van der Waals surface area contributed by atoms with Crippen LogP contribution in [-0.4, -0.2) is 18.2 Å². The molecule has 2 rings (SSSR count). The Hall–Kier alpha value is -2.03. The molecule has 1 N–H and O–H groups in total. The molecule has 2 aromatic carbocycles. The third-order valence-corrected chi connectivity index (χ3v) is 2.81. The fourth-order valence-corrected chi connectivity index (χ4v) is 2.13. The fraction of sp³-hybridized carbons (Fsp3) is 0.214. The topological polar surface area (TPSA) is 46.5 Å². The molecule has 3 heteroatoms. The Bertz CT molecular complexity index is 573. The molecule has 0 unspecified atom stereocenters. The lowest BCUT2D eigenvalue weighted by Crippen LogP contribution is -2.01. The van der Waals surface area contributed by atoms with E-state index in [2.05, 4.69) is 0 Å². The summed E-state index contributed by atoms with van der Waals surface area (Å²) in [4.78, 5) is 10.8. The maximum atomic E-state index is 10.8. The van der Waals surface area contributed by atoms with Crippen LogP contribution in [0.5, 0.6) is 5.75 Å². The molecule has 0 fully saturated rings. The Labute approximate surface area is 99.6 Å². The van der Waals surface area contributed by atoms with Crippen molar-refractivity contribution in [2.75, 3.05) is 7.11 Å². The highest BCUT2D eigenvalue weighted by Crippen LogP contribution is 2.28. The van der Waals surface area contributed by atoms with Gasteiger partial charge in [-0.25, -0.2) is 0 Å². The van der Waals surface area contributed by atoms with Crippen molar-refractivity contribution in [2.24, 2.45) is 0 Å². The number of benzene rings is 2. The third-order valence-electron chi connectivity index (χ3n) is 2.81. The van der Waals surface area contributed by atoms with Crippen molar-refractivity contribution < 1.29 is 14.6 Å². The number of ether oxygens (including phenoxy) is 1. The van der Waals surface area contributed by atoms with Crippen molar-refractivity contribution in [1.29, 1.82) is 0 Å². The zero-order valence-electron chi connectivity index (χ0n) is 9.86. The zero-order chi connectivity index (χ0) is 12.4. The molecule has 0 aliphatic carbocycles. The van der Waals surface area contributed by atoms with Gasteiger partial charge in [-0.05, 0) is 41.0 Å². The molecule has 0 heterocycles. The predicted molar refractivity (Wildman–Crippen MR) is 66.6 cm³/mol. The van der Waals surface area contributed by atoms with Crippen molar-refractivity contribution in [2.45, 2.75) is 13.3 Å². The summed E-state index contributed by atoms with van der Waals surface area (Å²) >= 11 is 0. The number of aliphatic carboxylic acids is 1. The van der Waals surface area contributed by atoms with Crippen LogP contribution in [0.4, 0.5) is 0 Å². The Kier molecular flexibility index (Phi) is 3.00. The van der Waals surface area contributed by atoms with E-state index in [0.29, 0.717) is 0 Å². The molecule has 0 spiro atoms. The summed E-state index contributed by atoms with van der Waals surface area (Å²) in [6.07, 6.45) is 0.0461. The van der Waals surface area contributed by atoms with Gasteiger partial charge in [0, 0.05) is 0 Å². The number of carboxylic acid groups (broad SMARTS) is 1. The molecule has 0 aliphatic heterocycles. The lowest BCUT2D eigenvalue weighted by Gasteiger charge is -2.10. The second kappa shape index (κ2) is 4.45. The molecule has 0 amide bonds. The number of aryl methyl sites for hydroxylation is 1. The van der Waals surface area contributed by atoms with Crippen molar-refractivity contribution in [1.82, 2.24) is 0 Å². The molecule has 0 saturated heterocycles. The number of carboxylic acids is 1. The Balaban J connectivity index is 2.67. The van der Waals surface area contributed by atoms with Gasteiger partial charge in [0.15, 0.2) is 0 Å². The summed E-state index contributed by atoms with van der Waals surface area (Å²) in [6, 6.07) is 9.55. The minimum atomic E-state index is -0.812. The number of fused-ring (bicyclic) bond motifs is 1. The maximum absolute atomic E-state index is 10.8. The summed E-state index contributed by atoms with van der Waals surface area (Å²) < 4.78 is 5.21. The molecule has 0 aromatic heterocycles. The quantitative estimate of drug-likeness (QED) is 0.881. The van der Waals surface area contributed by atoms with Gasteiger partial charge < -0.3 is 9.84 Å². The normalized spacial score (nSPS) is 10.5. The van der Waals surface area contributed by atoms with Crippen LogP contribution >= 0.6 is 0 Å². The van der Waals surface area contributed by atoms with Gasteiger partial charge in [0.1, 0.15) is 5.75 Å². The maximum Gasteiger partial charge on any atom is 0.307 e. The van der Waals surface area contributed by atoms with Crippen LogP contribution in [-0.2, 0) is 11.2 Å². The van der Waals surface area contributed by atoms with Crippen LogP contribution in [0.1, 0.15) is 11.1 Å². The van der Waals surface area contributed by atoms with E-state index in [1.54, 1.807) is 7.11 Å². The van der Waals surface area contributed by atoms with E-state index in [-0.39, 0.29) is 6.42 Å². The number of methoxy groups -OCH3 is 1. The van der Waals surface area contributed by atoms with E-state index >= 15 is 0 Å². The minimum absolute atomic E-state index is 0.0461. The zero-order valence-corrected chi connectivity index (χ0v) is 9.86. The number of carbonyl (C=O) groups is 1. The average molecular weight is 230 g/mol. The fourth-order valence-electron chi connectivity index (χ4n) is 2.13. The first-order chi connectivity index (χ1) is 8.11. The lowest BCUT2D eigenvalue weighted by atomic mass is 9.98. The summed E-state index contributed by atoms with van der Waals surface area (Å²) in [6.45, 7) is 1.97. The third kappa shape index (κ3) is 2.23. The van der Waals surface area contributed by atoms with Gasteiger partial charge in [0.05, 0.1) is 13.5 Å². The first-order valence-electron chi connectivity index (χ1n) is 5.40. The van der Waals surface area contributed by atoms with Crippen LogP contribution in [0, 0.1) is 6.92 Å². The van der Waals surface area contributed by atoms with Crippen LogP contribution in [0.3, 0.4) is 0 Å². The molecule has 0 saturated carbocycles. The van der Waals surface area contributed by atoms with Crippen molar-refractivity contribution >= 4 is 16.7 Å². The summed E-state index contributed by atoms with van der Waals surface area (Å²) in [5, 5.41) is 10.9. The van der Waals surface area contributed by atoms with Gasteiger partial charge in [-0.3, -0.25) is 4.79 Å². The molecular weight excluding hydrogens is 216 g/mol. The minimum Gasteiger partial charge on any atom is -0.497 e. The van der Waals surface area contributed by atoms with E-state index < -0.39 is 5.97 Å². The Morgan fingerprint density at radius 1 is 1.35 bits per heavy atom. The van der Waals surface area contributed by atoms with E-state index in [0.717, 1.165) is 27.6 Å². The van der Waals surface area contributed by atoms with E-state index in [1.807, 2.05) is 37.3 Å². The SMILES string of the molecule is COc1cc(C)c2c(CC(=O)O)cccc2c1. The van der Waals surface area contributed by atoms with Gasteiger partial charge in [-0.1, -0.05) is 18.2 Å². The molecule has 17 heavy (non-hydrogen) atoms. The van der Waals surface area contributed by atoms with Crippen molar-refractivity contribution in [3.05, 3.63) is 41.5 Å². The average Bonchev–Trinajstić information content (AvgIpc) is 2.27. The van der Waals surface area contributed by atoms with Crippen LogP contribution in [0.2, 0.25) is 0 Å². The molecule has 0 bridgehead atoms. The van der Waals surface area contributed by atoms with Gasteiger partial charge in [0.2, 0.25) is 0 Å². The van der Waals surface area contributed by atoms with Crippen molar-refractivity contribution in [3.63, 3.8) is 0 Å². The molecule has 2 aromatic rings. The lowest BCUT2D eigenvalue weighted by molar-refractivity contribution is -0.136. The Morgan fingerprint density at radius 3 is 2.76 bits per heavy atom. The highest BCUT2D eigenvalue weighted by molar-refractivity contribution is 5.92. The summed E-state index contributed by atoms with van der Waals surface area (Å²) in [7, 11) is 1.63. The van der Waals surface area contributed by atoms with Crippen molar-refractivity contribution in [3.8, 4) is 5.75 Å². The number of rotatable bonds is 3. The second-order valence-corrected chi connectivity index (χ2v) is 4.03. The number of hydrogen-bond donors (Lipinski definition) is 1. The number of hydrogen-bond acceptors (Lipinski definition) is 2. The smallest absolute Gasteiger partial charge is 0.307 e. The van der Waals surface area contributed by atoms with E-state index in [1.165, 1.54) is 0 Å². The standard InChI is InChI=1S/C14H14O3/c1-9-6-12(17-2)7-10-4-3-5-11(14(9)10)8-13(15)16/h3-7H,8H2,1-2H3,(H,15,16). The van der Waals surface area contributed by atoms with Crippen LogP contribution < -0.4 is 4.74 Å². The van der Waals surface area contributed by atoms with Gasteiger partial charge >= 0.3 is 5.97 Å². The van der Waals surface area contributed by atoms with Gasteiger partial charge in [-0.2, -0.15) is 0 Å². The van der Waals surface area contributed by atoms with Gasteiger partial charge in [0.25, 0.3) is 0 Å². The highest BCUT2D eigenvalue weighted by atomic mass is 16.5. The molecular formula is C14H14O3. The monoisotopic (exact) mass is 230 g/mol. The highest BCUT2D eigenvalue weighted by Gasteiger charge is 2.08. The Morgan fingerprint density at radius 2 is 2.12 bits per heavy atom. The van der Waals surface area contributed by atoms with Crippen LogP contribution in [0.15, 0.2) is 30.3 Å². The molecule has 88 valence electrons. The largest absolute Gasteiger partial charge is 0.497 e. The molecule has 0 radical (unpaired) electrons. The predicted octanol–water partition coefficient (Wildman–Crippen LogP) is 2.78. The molecule has 3 nitrogen and oxygen atoms in total. The summed E-state index contributed by atoms with van der Waals surface area (Å²) in [5.74, 6) is -0.0183. The summed E-state index contributed by atoms with van der Waals surface area (Å²) in [5.41, 5.74) is 1.88. The first kappa shape index (κ1) is 11.5.